The van der Waals surface area contributed by atoms with Gasteiger partial charge in [0.2, 0.25) is 0 Å². The van der Waals surface area contributed by atoms with Crippen LogP contribution in [0.4, 0.5) is 5.82 Å². The van der Waals surface area contributed by atoms with Gasteiger partial charge in [-0.3, -0.25) is 19.6 Å². The lowest BCUT2D eigenvalue weighted by Gasteiger charge is -2.26. The van der Waals surface area contributed by atoms with Gasteiger partial charge < -0.3 is 15.4 Å². The van der Waals surface area contributed by atoms with E-state index in [0.717, 1.165) is 43.8 Å². The maximum Gasteiger partial charge on any atom is 0.261 e. The van der Waals surface area contributed by atoms with Crippen LogP contribution in [0.2, 0.25) is 0 Å². The van der Waals surface area contributed by atoms with E-state index in [9.17, 15) is 9.59 Å². The van der Waals surface area contributed by atoms with Gasteiger partial charge in [0.05, 0.1) is 23.5 Å². The molecule has 1 saturated heterocycles. The van der Waals surface area contributed by atoms with E-state index in [1.54, 1.807) is 12.1 Å². The summed E-state index contributed by atoms with van der Waals surface area (Å²) in [7, 11) is 0. The summed E-state index contributed by atoms with van der Waals surface area (Å²) in [5, 5.41) is 13.6. The van der Waals surface area contributed by atoms with E-state index in [4.69, 9.17) is 4.74 Å². The van der Waals surface area contributed by atoms with Crippen LogP contribution >= 0.6 is 11.3 Å². The summed E-state index contributed by atoms with van der Waals surface area (Å²) < 4.78 is 5.33. The van der Waals surface area contributed by atoms with Crippen LogP contribution < -0.4 is 10.6 Å². The minimum Gasteiger partial charge on any atom is -0.379 e. The van der Waals surface area contributed by atoms with Gasteiger partial charge in [-0.15, -0.1) is 11.3 Å². The van der Waals surface area contributed by atoms with Gasteiger partial charge in [-0.2, -0.15) is 5.10 Å². The summed E-state index contributed by atoms with van der Waals surface area (Å²) >= 11 is 1.30. The molecule has 2 amide bonds. The van der Waals surface area contributed by atoms with Crippen LogP contribution in [0.1, 0.15) is 25.6 Å². The summed E-state index contributed by atoms with van der Waals surface area (Å²) in [6.07, 6.45) is 0. The van der Waals surface area contributed by atoms with E-state index in [2.05, 4.69) is 25.7 Å². The molecule has 0 saturated carbocycles. The van der Waals surface area contributed by atoms with Gasteiger partial charge in [-0.05, 0) is 25.1 Å². The number of nitrogens with zero attached hydrogens (tertiary/aromatic N) is 2. The van der Waals surface area contributed by atoms with Crippen molar-refractivity contribution in [3.63, 3.8) is 0 Å². The monoisotopic (exact) mass is 413 g/mol. The molecule has 8 nitrogen and oxygen atoms in total. The Morgan fingerprint density at radius 1 is 1.24 bits per heavy atom. The summed E-state index contributed by atoms with van der Waals surface area (Å²) in [6, 6.07) is 9.13. The van der Waals surface area contributed by atoms with E-state index in [0.29, 0.717) is 27.6 Å². The van der Waals surface area contributed by atoms with Crippen molar-refractivity contribution in [2.75, 3.05) is 44.7 Å². The molecule has 0 bridgehead atoms. The number of anilines is 1. The molecule has 1 fully saturated rings. The topological polar surface area (TPSA) is 99.3 Å². The van der Waals surface area contributed by atoms with Gasteiger partial charge in [0.1, 0.15) is 10.6 Å². The Hall–Kier alpha value is -2.75. The number of ether oxygens (including phenoxy) is 1. The first-order chi connectivity index (χ1) is 14.1. The van der Waals surface area contributed by atoms with Crippen LogP contribution in [0.3, 0.4) is 0 Å². The lowest BCUT2D eigenvalue weighted by molar-refractivity contribution is 0.0383. The summed E-state index contributed by atoms with van der Waals surface area (Å²) in [5.41, 5.74) is 1.59. The number of carbonyl (C=O) groups is 2. The zero-order valence-corrected chi connectivity index (χ0v) is 17.0. The Balaban J connectivity index is 1.39. The number of carbonyl (C=O) groups excluding carboxylic acids is 2. The van der Waals surface area contributed by atoms with Crippen LogP contribution in [0.5, 0.6) is 0 Å². The number of aromatic nitrogens is 2. The highest BCUT2D eigenvalue weighted by Crippen LogP contribution is 2.29. The van der Waals surface area contributed by atoms with Gasteiger partial charge in [0.25, 0.3) is 11.8 Å². The lowest BCUT2D eigenvalue weighted by Crippen LogP contribution is -2.41. The fourth-order valence-corrected chi connectivity index (χ4v) is 4.14. The number of amides is 2. The van der Waals surface area contributed by atoms with Crippen LogP contribution in [-0.2, 0) is 4.74 Å². The highest BCUT2D eigenvalue weighted by atomic mass is 32.1. The second-order valence-corrected chi connectivity index (χ2v) is 7.99. The number of rotatable bonds is 6. The van der Waals surface area contributed by atoms with Crippen molar-refractivity contribution in [3.05, 3.63) is 46.3 Å². The summed E-state index contributed by atoms with van der Waals surface area (Å²) in [5.74, 6) is 0.148. The molecule has 0 radical (unpaired) electrons. The quantitative estimate of drug-likeness (QED) is 0.576. The number of thiophene rings is 1. The van der Waals surface area contributed by atoms with Gasteiger partial charge >= 0.3 is 0 Å². The third-order valence-electron chi connectivity index (χ3n) is 4.81. The van der Waals surface area contributed by atoms with Crippen LogP contribution in [0.15, 0.2) is 30.3 Å². The number of aryl methyl sites for hydroxylation is 1. The molecule has 3 aromatic rings. The van der Waals surface area contributed by atoms with E-state index in [1.165, 1.54) is 11.3 Å². The van der Waals surface area contributed by atoms with Crippen molar-refractivity contribution in [2.24, 2.45) is 0 Å². The number of hydrogen-bond acceptors (Lipinski definition) is 6. The fraction of sp³-hybridized carbons (Fsp3) is 0.350. The molecule has 0 spiro atoms. The predicted molar refractivity (Wildman–Crippen MR) is 113 cm³/mol. The molecule has 1 aromatic carbocycles. The van der Waals surface area contributed by atoms with Crippen LogP contribution in [0, 0.1) is 6.92 Å². The minimum atomic E-state index is -0.220. The second-order valence-electron chi connectivity index (χ2n) is 6.96. The van der Waals surface area contributed by atoms with Crippen molar-refractivity contribution in [2.45, 2.75) is 6.92 Å². The maximum absolute atomic E-state index is 12.5. The van der Waals surface area contributed by atoms with Crippen molar-refractivity contribution in [1.29, 1.82) is 0 Å². The Morgan fingerprint density at radius 3 is 2.86 bits per heavy atom. The van der Waals surface area contributed by atoms with Crippen LogP contribution in [-0.4, -0.2) is 66.3 Å². The first-order valence-corrected chi connectivity index (χ1v) is 10.4. The average Bonchev–Trinajstić information content (AvgIpc) is 3.31. The molecule has 4 rings (SSSR count). The molecule has 3 heterocycles. The summed E-state index contributed by atoms with van der Waals surface area (Å²) in [6.45, 7) is 6.60. The highest BCUT2D eigenvalue weighted by molar-refractivity contribution is 7.20. The molecule has 29 heavy (non-hydrogen) atoms. The molecule has 2 aromatic heterocycles. The molecule has 9 heteroatoms. The molecule has 3 N–H and O–H groups in total. The van der Waals surface area contributed by atoms with Crippen molar-refractivity contribution in [3.8, 4) is 0 Å². The summed E-state index contributed by atoms with van der Waals surface area (Å²) in [4.78, 5) is 28.5. The van der Waals surface area contributed by atoms with E-state index in [-0.39, 0.29) is 11.8 Å². The number of nitrogens with one attached hydrogen (secondary N) is 3. The first kappa shape index (κ1) is 19.6. The standard InChI is InChI=1S/C20H23N5O3S/c1-13-3-2-4-14(11-13)18(26)22-17-15-12-16(29-20(15)24-23-17)19(27)21-5-6-25-7-9-28-10-8-25/h2-4,11-12H,5-10H2,1H3,(H,21,27)(H2,22,23,24,26). The molecule has 1 aliphatic rings. The Kier molecular flexibility index (Phi) is 5.89. The van der Waals surface area contributed by atoms with Gasteiger partial charge in [0, 0.05) is 31.7 Å². The molecular weight excluding hydrogens is 390 g/mol. The zero-order chi connectivity index (χ0) is 20.2. The fourth-order valence-electron chi connectivity index (χ4n) is 3.23. The maximum atomic E-state index is 12.5. The van der Waals surface area contributed by atoms with E-state index >= 15 is 0 Å². The Morgan fingerprint density at radius 2 is 2.07 bits per heavy atom. The minimum absolute atomic E-state index is 0.128. The molecule has 1 aliphatic heterocycles. The van der Waals surface area contributed by atoms with E-state index in [1.807, 2.05) is 25.1 Å². The molecular formula is C20H23N5O3S. The Labute approximate surface area is 172 Å². The zero-order valence-electron chi connectivity index (χ0n) is 16.2. The second kappa shape index (κ2) is 8.73. The van der Waals surface area contributed by atoms with E-state index < -0.39 is 0 Å². The number of morpholine rings is 1. The lowest BCUT2D eigenvalue weighted by atomic mass is 10.1. The van der Waals surface area contributed by atoms with Gasteiger partial charge in [-0.1, -0.05) is 17.7 Å². The van der Waals surface area contributed by atoms with Gasteiger partial charge in [0.15, 0.2) is 0 Å². The Bertz CT molecular complexity index is 1020. The number of benzene rings is 1. The largest absolute Gasteiger partial charge is 0.379 e. The molecule has 0 atom stereocenters. The molecule has 152 valence electrons. The SMILES string of the molecule is Cc1cccc(C(=O)Nc2[nH]nc3sc(C(=O)NCCN4CCOCC4)cc23)c1. The number of hydrogen-bond donors (Lipinski definition) is 3. The molecule has 0 aliphatic carbocycles. The third kappa shape index (κ3) is 4.64. The van der Waals surface area contributed by atoms with Crippen LogP contribution in [0.25, 0.3) is 10.2 Å². The van der Waals surface area contributed by atoms with Crippen molar-refractivity contribution < 1.29 is 14.3 Å². The number of H-pyrrole nitrogens is 1. The average molecular weight is 414 g/mol. The van der Waals surface area contributed by atoms with Gasteiger partial charge in [-0.25, -0.2) is 0 Å². The van der Waals surface area contributed by atoms with Crippen molar-refractivity contribution in [1.82, 2.24) is 20.4 Å². The predicted octanol–water partition coefficient (Wildman–Crippen LogP) is 2.25. The van der Waals surface area contributed by atoms with Crippen molar-refractivity contribution >= 4 is 39.2 Å². The number of fused-ring (bicyclic) bond motifs is 1. The normalized spacial score (nSPS) is 14.8. The third-order valence-corrected chi connectivity index (χ3v) is 5.84. The first-order valence-electron chi connectivity index (χ1n) is 9.54. The molecule has 0 unspecified atom stereocenters. The smallest absolute Gasteiger partial charge is 0.261 e. The number of aromatic amines is 1. The highest BCUT2D eigenvalue weighted by Gasteiger charge is 2.17.